The lowest BCUT2D eigenvalue weighted by atomic mass is 9.91. The summed E-state index contributed by atoms with van der Waals surface area (Å²) in [5.74, 6) is 1.75. The van der Waals surface area contributed by atoms with Crippen molar-refractivity contribution in [2.24, 2.45) is 23.7 Å². The van der Waals surface area contributed by atoms with E-state index in [0.717, 1.165) is 25.7 Å². The third kappa shape index (κ3) is 7.90. The Hall–Kier alpha value is -0.460. The summed E-state index contributed by atoms with van der Waals surface area (Å²) in [7, 11) is 0. The normalized spacial score (nSPS) is 38.0. The van der Waals surface area contributed by atoms with Gasteiger partial charge >= 0.3 is 0 Å². The van der Waals surface area contributed by atoms with E-state index in [1.54, 1.807) is 0 Å². The van der Waals surface area contributed by atoms with Crippen LogP contribution in [0.4, 0.5) is 0 Å². The Morgan fingerprint density at radius 1 is 0.833 bits per heavy atom. The van der Waals surface area contributed by atoms with E-state index < -0.39 is 6.10 Å². The predicted octanol–water partition coefficient (Wildman–Crippen LogP) is 4.33. The van der Waals surface area contributed by atoms with E-state index in [0.29, 0.717) is 18.3 Å². The minimum Gasteiger partial charge on any atom is -0.396 e. The molecule has 5 nitrogen and oxygen atoms in total. The fraction of sp³-hybridized carbons (Fsp3) is 0.920. The molecule has 10 atom stereocenters. The summed E-state index contributed by atoms with van der Waals surface area (Å²) in [5.41, 5.74) is 0. The van der Waals surface area contributed by atoms with E-state index in [9.17, 15) is 10.2 Å². The van der Waals surface area contributed by atoms with Gasteiger partial charge in [0.2, 0.25) is 0 Å². The van der Waals surface area contributed by atoms with Crippen molar-refractivity contribution < 1.29 is 24.8 Å². The van der Waals surface area contributed by atoms with E-state index in [4.69, 9.17) is 14.6 Å². The van der Waals surface area contributed by atoms with Crippen molar-refractivity contribution in [1.82, 2.24) is 0 Å². The molecule has 2 aliphatic heterocycles. The van der Waals surface area contributed by atoms with Crippen LogP contribution < -0.4 is 0 Å². The first-order valence-corrected chi connectivity index (χ1v) is 12.1. The second-order valence-electron chi connectivity index (χ2n) is 9.66. The van der Waals surface area contributed by atoms with Crippen molar-refractivity contribution in [2.75, 3.05) is 6.61 Å². The first kappa shape index (κ1) is 27.6. The Balaban J connectivity index is 0.000000300. The average Bonchev–Trinajstić information content (AvgIpc) is 3.14. The topological polar surface area (TPSA) is 79.2 Å². The van der Waals surface area contributed by atoms with Gasteiger partial charge in [0.25, 0.3) is 0 Å². The lowest BCUT2D eigenvalue weighted by molar-refractivity contribution is -0.00979. The molecule has 2 rings (SSSR count). The van der Waals surface area contributed by atoms with E-state index in [2.05, 4.69) is 41.2 Å². The molecule has 5 heteroatoms. The minimum atomic E-state index is -0.411. The van der Waals surface area contributed by atoms with Crippen LogP contribution in [-0.2, 0) is 9.47 Å². The van der Waals surface area contributed by atoms with E-state index in [-0.39, 0.29) is 49.0 Å². The molecule has 0 aliphatic carbocycles. The summed E-state index contributed by atoms with van der Waals surface area (Å²) in [5, 5.41) is 28.7. The maximum absolute atomic E-state index is 9.97. The van der Waals surface area contributed by atoms with Gasteiger partial charge in [-0.05, 0) is 37.5 Å². The molecule has 2 aliphatic rings. The van der Waals surface area contributed by atoms with Gasteiger partial charge in [-0.2, -0.15) is 0 Å². The van der Waals surface area contributed by atoms with Crippen molar-refractivity contribution in [3.63, 3.8) is 0 Å². The summed E-state index contributed by atoms with van der Waals surface area (Å²) in [6.45, 7) is 16.7. The smallest absolute Gasteiger partial charge is 0.0875 e. The molecule has 0 spiro atoms. The van der Waals surface area contributed by atoms with Crippen molar-refractivity contribution >= 4 is 0 Å². The molecule has 0 amide bonds. The van der Waals surface area contributed by atoms with Gasteiger partial charge in [0.1, 0.15) is 0 Å². The zero-order chi connectivity index (χ0) is 22.8. The Bertz CT molecular complexity index is 470. The van der Waals surface area contributed by atoms with Crippen molar-refractivity contribution in [1.29, 1.82) is 0 Å². The highest BCUT2D eigenvalue weighted by atomic mass is 16.5. The zero-order valence-electron chi connectivity index (χ0n) is 20.2. The Morgan fingerprint density at radius 3 is 1.67 bits per heavy atom. The molecule has 30 heavy (non-hydrogen) atoms. The molecule has 3 N–H and O–H groups in total. The Labute approximate surface area is 184 Å². The number of ether oxygens (including phenoxy) is 2. The molecule has 0 saturated carbocycles. The van der Waals surface area contributed by atoms with E-state index >= 15 is 0 Å². The van der Waals surface area contributed by atoms with Crippen LogP contribution in [0, 0.1) is 23.7 Å². The molecular formula is C25H48O5. The second kappa shape index (κ2) is 13.8. The van der Waals surface area contributed by atoms with Gasteiger partial charge in [-0.25, -0.2) is 0 Å². The Morgan fingerprint density at radius 2 is 1.27 bits per heavy atom. The van der Waals surface area contributed by atoms with Crippen molar-refractivity contribution in [3.8, 4) is 0 Å². The van der Waals surface area contributed by atoms with Crippen LogP contribution in [0.15, 0.2) is 12.7 Å². The first-order chi connectivity index (χ1) is 14.2. The molecule has 0 radical (unpaired) electrons. The number of rotatable bonds is 10. The number of hydrogen-bond acceptors (Lipinski definition) is 5. The average molecular weight is 429 g/mol. The molecule has 2 saturated heterocycles. The molecule has 0 unspecified atom stereocenters. The molecule has 0 aromatic rings. The lowest BCUT2D eigenvalue weighted by Crippen LogP contribution is -2.26. The summed E-state index contributed by atoms with van der Waals surface area (Å²) < 4.78 is 11.7. The van der Waals surface area contributed by atoms with Crippen LogP contribution in [0.3, 0.4) is 0 Å². The third-order valence-electron chi connectivity index (χ3n) is 7.19. The second-order valence-corrected chi connectivity index (χ2v) is 9.66. The van der Waals surface area contributed by atoms with E-state index in [1.165, 1.54) is 6.42 Å². The third-order valence-corrected chi connectivity index (χ3v) is 7.19. The van der Waals surface area contributed by atoms with Crippen LogP contribution >= 0.6 is 0 Å². The maximum Gasteiger partial charge on any atom is 0.0875 e. The number of aliphatic hydroxyl groups is 3. The molecular weight excluding hydrogens is 380 g/mol. The van der Waals surface area contributed by atoms with Gasteiger partial charge in [-0.3, -0.25) is 0 Å². The number of hydrogen-bond donors (Lipinski definition) is 3. The van der Waals surface area contributed by atoms with Gasteiger partial charge in [0.05, 0.1) is 36.6 Å². The number of aliphatic hydroxyl groups excluding tert-OH is 3. The highest BCUT2D eigenvalue weighted by Gasteiger charge is 2.41. The summed E-state index contributed by atoms with van der Waals surface area (Å²) >= 11 is 0. The van der Waals surface area contributed by atoms with Crippen LogP contribution in [-0.4, -0.2) is 58.6 Å². The van der Waals surface area contributed by atoms with Crippen LogP contribution in [0.5, 0.6) is 0 Å². The van der Waals surface area contributed by atoms with E-state index in [1.807, 2.05) is 13.0 Å². The fourth-order valence-corrected chi connectivity index (χ4v) is 4.37. The monoisotopic (exact) mass is 428 g/mol. The summed E-state index contributed by atoms with van der Waals surface area (Å²) in [4.78, 5) is 0. The molecule has 2 heterocycles. The minimum absolute atomic E-state index is 0.0356. The fourth-order valence-electron chi connectivity index (χ4n) is 4.37. The van der Waals surface area contributed by atoms with Crippen LogP contribution in [0.1, 0.15) is 80.1 Å². The molecule has 0 bridgehead atoms. The first-order valence-electron chi connectivity index (χ1n) is 12.1. The Kier molecular flexibility index (Phi) is 12.7. The largest absolute Gasteiger partial charge is 0.396 e. The quantitative estimate of drug-likeness (QED) is 0.451. The maximum atomic E-state index is 9.97. The van der Waals surface area contributed by atoms with Crippen LogP contribution in [0.2, 0.25) is 0 Å². The van der Waals surface area contributed by atoms with Crippen molar-refractivity contribution in [3.05, 3.63) is 12.7 Å². The molecule has 178 valence electrons. The SMILES string of the molecule is C=CC[C@@H]1O[C@H](C[C@H](C)CC)[C@H](C)[C@H]1O.CC[C@@H](C)C[C@H]1O[C@@H](CCO)[C@H](O)[C@H]1C. The van der Waals surface area contributed by atoms with Gasteiger partial charge in [-0.1, -0.05) is 60.5 Å². The van der Waals surface area contributed by atoms with Gasteiger partial charge < -0.3 is 24.8 Å². The van der Waals surface area contributed by atoms with Crippen LogP contribution in [0.25, 0.3) is 0 Å². The molecule has 0 aromatic heterocycles. The lowest BCUT2D eigenvalue weighted by Gasteiger charge is -2.18. The van der Waals surface area contributed by atoms with Gasteiger partial charge in [-0.15, -0.1) is 6.58 Å². The molecule has 0 aromatic carbocycles. The van der Waals surface area contributed by atoms with Gasteiger partial charge in [0.15, 0.2) is 0 Å². The van der Waals surface area contributed by atoms with Gasteiger partial charge in [0, 0.05) is 18.4 Å². The molecule has 2 fully saturated rings. The summed E-state index contributed by atoms with van der Waals surface area (Å²) in [6, 6.07) is 0. The predicted molar refractivity (Wildman–Crippen MR) is 122 cm³/mol. The standard InChI is InChI=1S/C13H24O2.C12H24O3/c1-5-7-11-13(14)10(4)12(15-11)8-9(3)6-2;1-4-8(2)7-11-9(3)12(14)10(15-11)5-6-13/h5,9-14H,1,6-8H2,2-4H3;8-14H,4-7H2,1-3H3/t9-,10+,11+,12-,13-;8-,9+,10+,11-,12-/m11/s1. The highest BCUT2D eigenvalue weighted by molar-refractivity contribution is 4.92. The zero-order valence-corrected chi connectivity index (χ0v) is 20.2. The van der Waals surface area contributed by atoms with Crippen molar-refractivity contribution in [2.45, 2.75) is 117 Å². The highest BCUT2D eigenvalue weighted by Crippen LogP contribution is 2.33. The summed E-state index contributed by atoms with van der Waals surface area (Å²) in [6.07, 6.45) is 6.96.